The van der Waals surface area contributed by atoms with Crippen molar-refractivity contribution in [1.29, 1.82) is 0 Å². The molecule has 0 radical (unpaired) electrons. The second-order valence-corrected chi connectivity index (χ2v) is 2.66. The van der Waals surface area contributed by atoms with E-state index in [1.165, 1.54) is 13.8 Å². The van der Waals surface area contributed by atoms with Gasteiger partial charge in [-0.25, -0.2) is 9.29 Å². The van der Waals surface area contributed by atoms with Crippen molar-refractivity contribution in [3.05, 3.63) is 0 Å². The van der Waals surface area contributed by atoms with Crippen LogP contribution >= 0.6 is 0 Å². The Morgan fingerprint density at radius 1 is 1.00 bits per heavy atom. The molecule has 0 aliphatic carbocycles. The highest BCUT2D eigenvalue weighted by Crippen LogP contribution is 2.36. The molecule has 0 bridgehead atoms. The van der Waals surface area contributed by atoms with Crippen molar-refractivity contribution >= 4 is 0 Å². The Labute approximate surface area is 77.7 Å². The molecule has 0 saturated carbocycles. The monoisotopic (exact) mass is 223 g/mol. The van der Waals surface area contributed by atoms with Crippen molar-refractivity contribution in [2.24, 2.45) is 0 Å². The normalized spacial score (nSPS) is 16.1. The van der Waals surface area contributed by atoms with Gasteiger partial charge < -0.3 is 0 Å². The second kappa shape index (κ2) is 4.37. The van der Waals surface area contributed by atoms with E-state index in [1.54, 1.807) is 0 Å². The summed E-state index contributed by atoms with van der Waals surface area (Å²) in [5, 5.41) is 0. The maximum atomic E-state index is 12.8. The highest BCUT2D eigenvalue weighted by atomic mass is 19.4. The van der Waals surface area contributed by atoms with Crippen LogP contribution in [0.1, 0.15) is 13.8 Å². The third-order valence-electron chi connectivity index (χ3n) is 1.78. The summed E-state index contributed by atoms with van der Waals surface area (Å²) in [4.78, 5) is 0.130. The van der Waals surface area contributed by atoms with Gasteiger partial charge in [0.1, 0.15) is 0 Å². The maximum absolute atomic E-state index is 12.8. The standard InChI is InChI=1S/C7H11F6N/c1-3-14(4-2)7(12,13)5(8)6(9,10)11/h5H,3-4H2,1-2H3/t5-/m1/s1. The molecule has 0 N–H and O–H groups in total. The largest absolute Gasteiger partial charge is 0.427 e. The lowest BCUT2D eigenvalue weighted by Crippen LogP contribution is -2.53. The molecule has 0 saturated heterocycles. The summed E-state index contributed by atoms with van der Waals surface area (Å²) in [7, 11) is 0. The summed E-state index contributed by atoms with van der Waals surface area (Å²) in [5.41, 5.74) is 0. The van der Waals surface area contributed by atoms with Gasteiger partial charge in [-0.3, -0.25) is 0 Å². The van der Waals surface area contributed by atoms with E-state index in [-0.39, 0.29) is 18.0 Å². The summed E-state index contributed by atoms with van der Waals surface area (Å²) in [6, 6.07) is -4.50. The minimum atomic E-state index is -5.54. The number of alkyl halides is 6. The molecule has 0 aromatic carbocycles. The lowest BCUT2D eigenvalue weighted by Gasteiger charge is -2.32. The average molecular weight is 223 g/mol. The van der Waals surface area contributed by atoms with Crippen LogP contribution in [0.2, 0.25) is 0 Å². The van der Waals surface area contributed by atoms with Crippen molar-refractivity contribution in [2.45, 2.75) is 32.2 Å². The van der Waals surface area contributed by atoms with E-state index in [2.05, 4.69) is 0 Å². The van der Waals surface area contributed by atoms with Gasteiger partial charge in [-0.05, 0) is 0 Å². The molecule has 0 spiro atoms. The number of halogens is 6. The topological polar surface area (TPSA) is 3.24 Å². The predicted octanol–water partition coefficient (Wildman–Crippen LogP) is 2.82. The number of hydrogen-bond donors (Lipinski definition) is 0. The molecule has 0 fully saturated rings. The van der Waals surface area contributed by atoms with Crippen molar-refractivity contribution in [1.82, 2.24) is 4.90 Å². The van der Waals surface area contributed by atoms with Crippen LogP contribution < -0.4 is 0 Å². The molecule has 0 rings (SSSR count). The van der Waals surface area contributed by atoms with Crippen LogP contribution in [0.4, 0.5) is 26.3 Å². The Morgan fingerprint density at radius 3 is 1.57 bits per heavy atom. The van der Waals surface area contributed by atoms with E-state index >= 15 is 0 Å². The van der Waals surface area contributed by atoms with Crippen LogP contribution in [0.25, 0.3) is 0 Å². The van der Waals surface area contributed by atoms with Crippen LogP contribution in [-0.2, 0) is 0 Å². The van der Waals surface area contributed by atoms with Gasteiger partial charge in [0, 0.05) is 13.1 Å². The molecule has 0 aliphatic heterocycles. The highest BCUT2D eigenvalue weighted by Gasteiger charge is 2.59. The van der Waals surface area contributed by atoms with Crippen LogP contribution in [0.3, 0.4) is 0 Å². The summed E-state index contributed by atoms with van der Waals surface area (Å²) in [5.74, 6) is 0. The molecule has 14 heavy (non-hydrogen) atoms. The van der Waals surface area contributed by atoms with Crippen LogP contribution in [0, 0.1) is 0 Å². The minimum Gasteiger partial charge on any atom is -0.242 e. The van der Waals surface area contributed by atoms with Gasteiger partial charge in [0.25, 0.3) is 6.17 Å². The van der Waals surface area contributed by atoms with Gasteiger partial charge in [-0.2, -0.15) is 22.0 Å². The fraction of sp³-hybridized carbons (Fsp3) is 1.00. The molecule has 0 heterocycles. The van der Waals surface area contributed by atoms with Gasteiger partial charge in [0.15, 0.2) is 0 Å². The lowest BCUT2D eigenvalue weighted by molar-refractivity contribution is -0.287. The molecule has 1 atom stereocenters. The van der Waals surface area contributed by atoms with E-state index in [0.717, 1.165) is 0 Å². The number of nitrogens with zero attached hydrogens (tertiary/aromatic N) is 1. The second-order valence-electron chi connectivity index (χ2n) is 2.66. The zero-order chi connectivity index (χ0) is 11.6. The Morgan fingerprint density at radius 2 is 1.36 bits per heavy atom. The first-order valence-corrected chi connectivity index (χ1v) is 4.01. The molecule has 1 nitrogen and oxygen atoms in total. The average Bonchev–Trinajstić information content (AvgIpc) is 2.03. The molecular weight excluding hydrogens is 212 g/mol. The van der Waals surface area contributed by atoms with Crippen LogP contribution in [0.5, 0.6) is 0 Å². The van der Waals surface area contributed by atoms with E-state index in [1.807, 2.05) is 0 Å². The first-order valence-electron chi connectivity index (χ1n) is 4.01. The molecule has 0 aliphatic rings. The summed E-state index contributed by atoms with van der Waals surface area (Å²) in [6.45, 7) is 1.78. The Hall–Kier alpha value is -0.460. The van der Waals surface area contributed by atoms with E-state index < -0.39 is 18.4 Å². The fourth-order valence-electron chi connectivity index (χ4n) is 1.00. The Balaban J connectivity index is 4.75. The maximum Gasteiger partial charge on any atom is 0.427 e. The van der Waals surface area contributed by atoms with Crippen molar-refractivity contribution in [2.75, 3.05) is 13.1 Å². The molecule has 0 amide bonds. The summed E-state index contributed by atoms with van der Waals surface area (Å²) < 4.78 is 73.1. The minimum absolute atomic E-state index is 0.130. The Kier molecular flexibility index (Phi) is 4.23. The molecule has 0 aromatic rings. The highest BCUT2D eigenvalue weighted by molar-refractivity contribution is 4.82. The number of rotatable bonds is 4. The number of hydrogen-bond acceptors (Lipinski definition) is 1. The molecule has 0 unspecified atom stereocenters. The van der Waals surface area contributed by atoms with E-state index in [0.29, 0.717) is 0 Å². The first-order chi connectivity index (χ1) is 6.17. The molecule has 86 valence electrons. The summed E-state index contributed by atoms with van der Waals surface area (Å²) in [6.07, 6.45) is -9.68. The Bertz CT molecular complexity index is 174. The van der Waals surface area contributed by atoms with Crippen molar-refractivity contribution < 1.29 is 26.3 Å². The van der Waals surface area contributed by atoms with Gasteiger partial charge in [-0.15, -0.1) is 0 Å². The molecule has 7 heteroatoms. The fourth-order valence-corrected chi connectivity index (χ4v) is 1.00. The SMILES string of the molecule is CCN(CC)C(F)(F)[C@H](F)C(F)(F)F. The third-order valence-corrected chi connectivity index (χ3v) is 1.78. The van der Waals surface area contributed by atoms with Gasteiger partial charge in [-0.1, -0.05) is 13.8 Å². The van der Waals surface area contributed by atoms with E-state index in [4.69, 9.17) is 0 Å². The molecular formula is C7H11F6N. The van der Waals surface area contributed by atoms with Crippen molar-refractivity contribution in [3.8, 4) is 0 Å². The van der Waals surface area contributed by atoms with Gasteiger partial charge >= 0.3 is 12.2 Å². The zero-order valence-corrected chi connectivity index (χ0v) is 7.71. The van der Waals surface area contributed by atoms with Crippen molar-refractivity contribution in [3.63, 3.8) is 0 Å². The van der Waals surface area contributed by atoms with Crippen LogP contribution in [0.15, 0.2) is 0 Å². The molecule has 0 aromatic heterocycles. The smallest absolute Gasteiger partial charge is 0.242 e. The zero-order valence-electron chi connectivity index (χ0n) is 7.71. The first kappa shape index (κ1) is 13.5. The third kappa shape index (κ3) is 2.76. The quantitative estimate of drug-likeness (QED) is 0.523. The predicted molar refractivity (Wildman–Crippen MR) is 38.8 cm³/mol. The lowest BCUT2D eigenvalue weighted by atomic mass is 10.2. The summed E-state index contributed by atoms with van der Waals surface area (Å²) >= 11 is 0. The van der Waals surface area contributed by atoms with E-state index in [9.17, 15) is 26.3 Å². The van der Waals surface area contributed by atoms with Crippen LogP contribution in [-0.4, -0.2) is 36.4 Å². The van der Waals surface area contributed by atoms with Gasteiger partial charge in [0.2, 0.25) is 0 Å². The van der Waals surface area contributed by atoms with Gasteiger partial charge in [0.05, 0.1) is 0 Å².